The molecule has 0 aromatic heterocycles. The fraction of sp³-hybridized carbons (Fsp3) is 0.333. The summed E-state index contributed by atoms with van der Waals surface area (Å²) in [6.45, 7) is 0. The van der Waals surface area contributed by atoms with Crippen LogP contribution in [0.2, 0.25) is 0 Å². The molecule has 1 aliphatic carbocycles. The minimum Gasteiger partial charge on any atom is -0.235 e. The highest BCUT2D eigenvalue weighted by Gasteiger charge is 2.23. The van der Waals surface area contributed by atoms with Gasteiger partial charge in [-0.15, -0.1) is 0 Å². The van der Waals surface area contributed by atoms with Crippen molar-refractivity contribution < 1.29 is 17.6 Å². The molecule has 0 aromatic carbocycles. The maximum absolute atomic E-state index is 12.1. The molecule has 0 saturated carbocycles. The highest BCUT2D eigenvalue weighted by molar-refractivity contribution is 5.24. The molecule has 4 heteroatoms. The fourth-order valence-electron chi connectivity index (χ4n) is 0.623. The van der Waals surface area contributed by atoms with Crippen LogP contribution in [0.15, 0.2) is 23.8 Å². The number of hydrogen-bond donors (Lipinski definition) is 0. The van der Waals surface area contributed by atoms with E-state index in [4.69, 9.17) is 0 Å². The van der Waals surface area contributed by atoms with Gasteiger partial charge in [0.1, 0.15) is 11.7 Å². The molecule has 10 heavy (non-hydrogen) atoms. The lowest BCUT2D eigenvalue weighted by Gasteiger charge is -2.09. The van der Waals surface area contributed by atoms with Crippen molar-refractivity contribution in [3.8, 4) is 0 Å². The summed E-state index contributed by atoms with van der Waals surface area (Å²) in [5, 5.41) is 0. The Morgan fingerprint density at radius 1 is 0.900 bits per heavy atom. The van der Waals surface area contributed by atoms with Crippen LogP contribution in [0, 0.1) is 0 Å². The molecule has 0 amide bonds. The monoisotopic (exact) mass is 152 g/mol. The fourth-order valence-corrected chi connectivity index (χ4v) is 0.623. The van der Waals surface area contributed by atoms with Crippen LogP contribution in [0.25, 0.3) is 0 Å². The van der Waals surface area contributed by atoms with Gasteiger partial charge < -0.3 is 0 Å². The minimum atomic E-state index is -2.12. The standard InChI is InChI=1S/C6H4F4/c7-3-1-4(8)6(10)2-5(3)9/h1-3,6H. The number of rotatable bonds is 0. The molecule has 56 valence electrons. The highest BCUT2D eigenvalue weighted by atomic mass is 19.2. The van der Waals surface area contributed by atoms with Crippen molar-refractivity contribution in [2.24, 2.45) is 0 Å². The van der Waals surface area contributed by atoms with E-state index in [0.717, 1.165) is 0 Å². The van der Waals surface area contributed by atoms with Crippen LogP contribution in [-0.4, -0.2) is 12.3 Å². The average Bonchev–Trinajstić information content (AvgIpc) is 1.84. The molecule has 0 heterocycles. The zero-order chi connectivity index (χ0) is 7.72. The van der Waals surface area contributed by atoms with E-state index in [9.17, 15) is 17.6 Å². The van der Waals surface area contributed by atoms with Crippen molar-refractivity contribution in [3.63, 3.8) is 0 Å². The Balaban J connectivity index is 2.81. The number of halogens is 4. The lowest BCUT2D eigenvalue weighted by molar-refractivity contribution is 0.317. The van der Waals surface area contributed by atoms with E-state index >= 15 is 0 Å². The van der Waals surface area contributed by atoms with Gasteiger partial charge in [-0.2, -0.15) is 0 Å². The van der Waals surface area contributed by atoms with Crippen molar-refractivity contribution in [1.82, 2.24) is 0 Å². The van der Waals surface area contributed by atoms with E-state index in [1.807, 2.05) is 0 Å². The summed E-state index contributed by atoms with van der Waals surface area (Å²) in [4.78, 5) is 0. The number of allylic oxidation sites excluding steroid dienone is 4. The lowest BCUT2D eigenvalue weighted by atomic mass is 10.1. The van der Waals surface area contributed by atoms with Crippen LogP contribution in [0.1, 0.15) is 0 Å². The summed E-state index contributed by atoms with van der Waals surface area (Å²) in [5.74, 6) is -2.54. The summed E-state index contributed by atoms with van der Waals surface area (Å²) in [7, 11) is 0. The van der Waals surface area contributed by atoms with Gasteiger partial charge in [0.25, 0.3) is 0 Å². The Hall–Kier alpha value is -0.800. The topological polar surface area (TPSA) is 0 Å². The smallest absolute Gasteiger partial charge is 0.172 e. The summed E-state index contributed by atoms with van der Waals surface area (Å²) < 4.78 is 48.2. The van der Waals surface area contributed by atoms with Gasteiger partial charge in [-0.3, -0.25) is 0 Å². The van der Waals surface area contributed by atoms with Gasteiger partial charge >= 0.3 is 0 Å². The van der Waals surface area contributed by atoms with Gasteiger partial charge in [0.2, 0.25) is 0 Å². The molecule has 0 fully saturated rings. The van der Waals surface area contributed by atoms with Gasteiger partial charge in [0.05, 0.1) is 0 Å². The Morgan fingerprint density at radius 2 is 1.20 bits per heavy atom. The van der Waals surface area contributed by atoms with Crippen molar-refractivity contribution >= 4 is 0 Å². The zero-order valence-corrected chi connectivity index (χ0v) is 4.82. The molecule has 2 atom stereocenters. The van der Waals surface area contributed by atoms with Crippen molar-refractivity contribution in [2.75, 3.05) is 0 Å². The van der Waals surface area contributed by atoms with E-state index in [0.29, 0.717) is 0 Å². The van der Waals surface area contributed by atoms with Crippen LogP contribution in [0.3, 0.4) is 0 Å². The van der Waals surface area contributed by atoms with Gasteiger partial charge in [-0.25, -0.2) is 17.6 Å². The van der Waals surface area contributed by atoms with E-state index in [1.165, 1.54) is 0 Å². The zero-order valence-electron chi connectivity index (χ0n) is 4.82. The normalized spacial score (nSPS) is 33.2. The summed E-state index contributed by atoms with van der Waals surface area (Å²) >= 11 is 0. The lowest BCUT2D eigenvalue weighted by Crippen LogP contribution is -2.10. The van der Waals surface area contributed by atoms with Crippen LogP contribution in [0.4, 0.5) is 17.6 Å². The third kappa shape index (κ3) is 1.20. The second kappa shape index (κ2) is 2.44. The van der Waals surface area contributed by atoms with Crippen LogP contribution < -0.4 is 0 Å². The van der Waals surface area contributed by atoms with E-state index in [2.05, 4.69) is 0 Å². The Kier molecular flexibility index (Phi) is 1.78. The van der Waals surface area contributed by atoms with Gasteiger partial charge in [0.15, 0.2) is 12.3 Å². The molecule has 0 bridgehead atoms. The summed E-state index contributed by atoms with van der Waals surface area (Å²) in [6.07, 6.45) is -3.68. The van der Waals surface area contributed by atoms with Crippen molar-refractivity contribution in [1.29, 1.82) is 0 Å². The quantitative estimate of drug-likeness (QED) is 0.467. The predicted molar refractivity (Wildman–Crippen MR) is 28.2 cm³/mol. The van der Waals surface area contributed by atoms with E-state index in [-0.39, 0.29) is 12.2 Å². The molecule has 0 saturated heterocycles. The summed E-state index contributed by atoms with van der Waals surface area (Å²) in [6, 6.07) is 0. The van der Waals surface area contributed by atoms with Gasteiger partial charge in [-0.05, 0) is 12.2 Å². The second-order valence-corrected chi connectivity index (χ2v) is 1.91. The van der Waals surface area contributed by atoms with Crippen molar-refractivity contribution in [2.45, 2.75) is 12.3 Å². The predicted octanol–water partition coefficient (Wildman–Crippen LogP) is 2.38. The Labute approximate surface area is 54.8 Å². The third-order valence-corrected chi connectivity index (χ3v) is 1.14. The maximum Gasteiger partial charge on any atom is 0.172 e. The largest absolute Gasteiger partial charge is 0.235 e. The molecule has 2 unspecified atom stereocenters. The molecule has 0 nitrogen and oxygen atoms in total. The van der Waals surface area contributed by atoms with Gasteiger partial charge in [0, 0.05) is 0 Å². The number of hydrogen-bond acceptors (Lipinski definition) is 0. The molecule has 0 aliphatic heterocycles. The SMILES string of the molecule is FC1=CC(F)C(F)=CC1F. The molecular formula is C6H4F4. The van der Waals surface area contributed by atoms with Crippen LogP contribution in [-0.2, 0) is 0 Å². The Morgan fingerprint density at radius 3 is 1.50 bits per heavy atom. The molecule has 1 rings (SSSR count). The first-order valence-electron chi connectivity index (χ1n) is 2.64. The third-order valence-electron chi connectivity index (χ3n) is 1.14. The first-order chi connectivity index (χ1) is 4.61. The first kappa shape index (κ1) is 7.31. The highest BCUT2D eigenvalue weighted by Crippen LogP contribution is 2.24. The number of alkyl halides is 2. The molecular weight excluding hydrogens is 148 g/mol. The summed E-state index contributed by atoms with van der Waals surface area (Å²) in [5.41, 5.74) is 0. The molecule has 0 N–H and O–H groups in total. The molecule has 0 aromatic rings. The van der Waals surface area contributed by atoms with Gasteiger partial charge in [-0.1, -0.05) is 0 Å². The molecule has 0 radical (unpaired) electrons. The molecule has 0 spiro atoms. The second-order valence-electron chi connectivity index (χ2n) is 1.91. The van der Waals surface area contributed by atoms with E-state index in [1.54, 1.807) is 0 Å². The van der Waals surface area contributed by atoms with Crippen molar-refractivity contribution in [3.05, 3.63) is 23.8 Å². The maximum atomic E-state index is 12.1. The Bertz CT molecular complexity index is 172. The minimum absolute atomic E-state index is 0.278. The average molecular weight is 152 g/mol. The van der Waals surface area contributed by atoms with E-state index < -0.39 is 24.0 Å². The first-order valence-corrected chi connectivity index (χ1v) is 2.64. The molecule has 1 aliphatic rings. The van der Waals surface area contributed by atoms with Crippen LogP contribution in [0.5, 0.6) is 0 Å². The van der Waals surface area contributed by atoms with Crippen LogP contribution >= 0.6 is 0 Å².